The van der Waals surface area contributed by atoms with E-state index in [2.05, 4.69) is 17.3 Å². The maximum atomic E-state index is 12.3. The smallest absolute Gasteiger partial charge is 0.241 e. The number of anilines is 1. The largest absolute Gasteiger partial charge is 0.340 e. The molecular weight excluding hydrogens is 316 g/mol. The minimum Gasteiger partial charge on any atom is -0.340 e. The van der Waals surface area contributed by atoms with Crippen molar-refractivity contribution in [2.45, 2.75) is 32.7 Å². The minimum atomic E-state index is -0.501. The number of hydrogen-bond acceptors (Lipinski definition) is 4. The van der Waals surface area contributed by atoms with Crippen LogP contribution in [-0.2, 0) is 16.0 Å². The second-order valence-corrected chi connectivity index (χ2v) is 7.28. The number of amides is 2. The first-order valence-corrected chi connectivity index (χ1v) is 8.97. The molecule has 1 fully saturated rings. The van der Waals surface area contributed by atoms with Gasteiger partial charge in [0.1, 0.15) is 0 Å². The van der Waals surface area contributed by atoms with Crippen LogP contribution in [0.3, 0.4) is 0 Å². The number of hydrogen-bond donors (Lipinski definition) is 2. The third-order valence-corrected chi connectivity index (χ3v) is 4.49. The van der Waals surface area contributed by atoms with E-state index < -0.39 is 6.04 Å². The van der Waals surface area contributed by atoms with Gasteiger partial charge >= 0.3 is 0 Å². The number of piperazine rings is 1. The van der Waals surface area contributed by atoms with Gasteiger partial charge in [-0.1, -0.05) is 26.0 Å². The first kappa shape index (κ1) is 19.4. The molecule has 0 saturated carbocycles. The highest BCUT2D eigenvalue weighted by Gasteiger charge is 2.19. The first-order chi connectivity index (χ1) is 11.8. The molecule has 1 aliphatic rings. The summed E-state index contributed by atoms with van der Waals surface area (Å²) in [6, 6.07) is 6.92. The Balaban J connectivity index is 1.85. The van der Waals surface area contributed by atoms with Crippen molar-refractivity contribution in [2.24, 2.45) is 11.7 Å². The summed E-state index contributed by atoms with van der Waals surface area (Å²) in [5.41, 5.74) is 7.55. The average molecular weight is 346 g/mol. The number of rotatable bonds is 6. The van der Waals surface area contributed by atoms with Gasteiger partial charge < -0.3 is 20.9 Å². The van der Waals surface area contributed by atoms with Gasteiger partial charge in [-0.15, -0.1) is 0 Å². The fraction of sp³-hybridized carbons (Fsp3) is 0.579. The van der Waals surface area contributed by atoms with Gasteiger partial charge in [-0.25, -0.2) is 0 Å². The third-order valence-electron chi connectivity index (χ3n) is 4.49. The summed E-state index contributed by atoms with van der Waals surface area (Å²) in [6.45, 7) is 7.51. The Morgan fingerprint density at radius 2 is 1.72 bits per heavy atom. The van der Waals surface area contributed by atoms with Gasteiger partial charge in [0.15, 0.2) is 0 Å². The predicted molar refractivity (Wildman–Crippen MR) is 100 cm³/mol. The molecule has 25 heavy (non-hydrogen) atoms. The molecule has 1 aromatic rings. The highest BCUT2D eigenvalue weighted by molar-refractivity contribution is 5.94. The van der Waals surface area contributed by atoms with Crippen LogP contribution in [0.2, 0.25) is 0 Å². The van der Waals surface area contributed by atoms with Crippen LogP contribution in [0.5, 0.6) is 0 Å². The van der Waals surface area contributed by atoms with Crippen molar-refractivity contribution >= 4 is 17.5 Å². The SMILES string of the molecule is CC(C)C[C@H](N)C(=O)Nc1ccc(CC(=O)N2CCN(C)CC2)cc1. The highest BCUT2D eigenvalue weighted by Crippen LogP contribution is 2.13. The predicted octanol–water partition coefficient (Wildman–Crippen LogP) is 1.32. The number of benzene rings is 1. The average Bonchev–Trinajstić information content (AvgIpc) is 2.56. The van der Waals surface area contributed by atoms with Crippen molar-refractivity contribution in [2.75, 3.05) is 38.5 Å². The molecule has 6 nitrogen and oxygen atoms in total. The number of carbonyl (C=O) groups is 2. The van der Waals surface area contributed by atoms with Gasteiger partial charge in [-0.3, -0.25) is 9.59 Å². The molecule has 2 amide bonds. The van der Waals surface area contributed by atoms with Crippen LogP contribution in [0.1, 0.15) is 25.8 Å². The molecule has 0 unspecified atom stereocenters. The maximum Gasteiger partial charge on any atom is 0.241 e. The van der Waals surface area contributed by atoms with Crippen LogP contribution in [0.4, 0.5) is 5.69 Å². The highest BCUT2D eigenvalue weighted by atomic mass is 16.2. The number of carbonyl (C=O) groups excluding carboxylic acids is 2. The molecule has 3 N–H and O–H groups in total. The van der Waals surface area contributed by atoms with E-state index >= 15 is 0 Å². The molecule has 0 spiro atoms. The second kappa shape index (κ2) is 8.97. The second-order valence-electron chi connectivity index (χ2n) is 7.28. The Kier molecular flexibility index (Phi) is 6.96. The van der Waals surface area contributed by atoms with E-state index in [-0.39, 0.29) is 11.8 Å². The Labute approximate surface area is 150 Å². The summed E-state index contributed by atoms with van der Waals surface area (Å²) >= 11 is 0. The Hall–Kier alpha value is -1.92. The lowest BCUT2D eigenvalue weighted by Gasteiger charge is -2.32. The van der Waals surface area contributed by atoms with Gasteiger partial charge in [0.2, 0.25) is 11.8 Å². The van der Waals surface area contributed by atoms with E-state index in [1.54, 1.807) is 0 Å². The summed E-state index contributed by atoms with van der Waals surface area (Å²) in [7, 11) is 2.07. The molecule has 0 aliphatic carbocycles. The van der Waals surface area contributed by atoms with Crippen molar-refractivity contribution in [3.05, 3.63) is 29.8 Å². The van der Waals surface area contributed by atoms with Crippen LogP contribution < -0.4 is 11.1 Å². The summed E-state index contributed by atoms with van der Waals surface area (Å²) in [6.07, 6.45) is 1.05. The normalized spacial score (nSPS) is 16.8. The van der Waals surface area contributed by atoms with E-state index in [0.717, 1.165) is 31.7 Å². The lowest BCUT2D eigenvalue weighted by Crippen LogP contribution is -2.47. The van der Waals surface area contributed by atoms with Crippen LogP contribution in [0.15, 0.2) is 24.3 Å². The number of likely N-dealkylation sites (N-methyl/N-ethyl adjacent to an activating group) is 1. The molecule has 138 valence electrons. The molecule has 1 aromatic carbocycles. The number of nitrogens with one attached hydrogen (secondary N) is 1. The lowest BCUT2D eigenvalue weighted by molar-refractivity contribution is -0.132. The molecule has 2 rings (SSSR count). The van der Waals surface area contributed by atoms with Gasteiger partial charge in [0.05, 0.1) is 12.5 Å². The number of nitrogens with zero attached hydrogens (tertiary/aromatic N) is 2. The topological polar surface area (TPSA) is 78.7 Å². The molecule has 6 heteroatoms. The molecular formula is C19H30N4O2. The van der Waals surface area contributed by atoms with E-state index in [1.165, 1.54) is 0 Å². The van der Waals surface area contributed by atoms with Crippen molar-refractivity contribution < 1.29 is 9.59 Å². The van der Waals surface area contributed by atoms with Crippen LogP contribution in [-0.4, -0.2) is 60.9 Å². The quantitative estimate of drug-likeness (QED) is 0.814. The van der Waals surface area contributed by atoms with Crippen molar-refractivity contribution in [3.8, 4) is 0 Å². The zero-order valence-corrected chi connectivity index (χ0v) is 15.5. The van der Waals surface area contributed by atoms with Gasteiger partial charge in [0, 0.05) is 31.9 Å². The zero-order valence-electron chi connectivity index (χ0n) is 15.5. The van der Waals surface area contributed by atoms with Crippen molar-refractivity contribution in [3.63, 3.8) is 0 Å². The summed E-state index contributed by atoms with van der Waals surface area (Å²) in [5.74, 6) is 0.363. The minimum absolute atomic E-state index is 0.156. The third kappa shape index (κ3) is 6.14. The van der Waals surface area contributed by atoms with E-state index in [4.69, 9.17) is 5.73 Å². The molecule has 1 atom stereocenters. The summed E-state index contributed by atoms with van der Waals surface area (Å²) in [5, 5.41) is 2.83. The van der Waals surface area contributed by atoms with E-state index in [9.17, 15) is 9.59 Å². The molecule has 1 aliphatic heterocycles. The molecule has 0 bridgehead atoms. The summed E-state index contributed by atoms with van der Waals surface area (Å²) < 4.78 is 0. The number of nitrogens with two attached hydrogens (primary N) is 1. The van der Waals surface area contributed by atoms with Gasteiger partial charge in [0.25, 0.3) is 0 Å². The van der Waals surface area contributed by atoms with Crippen LogP contribution in [0.25, 0.3) is 0 Å². The summed E-state index contributed by atoms with van der Waals surface area (Å²) in [4.78, 5) is 28.5. The molecule has 1 saturated heterocycles. The Bertz CT molecular complexity index is 578. The van der Waals surface area contributed by atoms with E-state index in [1.807, 2.05) is 43.0 Å². The fourth-order valence-corrected chi connectivity index (χ4v) is 2.90. The molecule has 0 radical (unpaired) electrons. The van der Waals surface area contributed by atoms with Crippen LogP contribution >= 0.6 is 0 Å². The van der Waals surface area contributed by atoms with Crippen molar-refractivity contribution in [1.29, 1.82) is 0 Å². The fourth-order valence-electron chi connectivity index (χ4n) is 2.90. The standard InChI is InChI=1S/C19H30N4O2/c1-14(2)12-17(20)19(25)21-16-6-4-15(5-7-16)13-18(24)23-10-8-22(3)9-11-23/h4-7,14,17H,8-13,20H2,1-3H3,(H,21,25)/t17-/m0/s1. The lowest BCUT2D eigenvalue weighted by atomic mass is 10.0. The van der Waals surface area contributed by atoms with Crippen molar-refractivity contribution in [1.82, 2.24) is 9.80 Å². The van der Waals surface area contributed by atoms with E-state index in [0.29, 0.717) is 24.4 Å². The maximum absolute atomic E-state index is 12.3. The zero-order chi connectivity index (χ0) is 18.4. The van der Waals surface area contributed by atoms with Crippen LogP contribution in [0, 0.1) is 5.92 Å². The molecule has 0 aromatic heterocycles. The monoisotopic (exact) mass is 346 g/mol. The first-order valence-electron chi connectivity index (χ1n) is 8.97. The Morgan fingerprint density at radius 1 is 1.12 bits per heavy atom. The molecule has 1 heterocycles. The Morgan fingerprint density at radius 3 is 2.28 bits per heavy atom. The van der Waals surface area contributed by atoms with Gasteiger partial charge in [-0.2, -0.15) is 0 Å². The van der Waals surface area contributed by atoms with Gasteiger partial charge in [-0.05, 0) is 37.1 Å².